The highest BCUT2D eigenvalue weighted by Crippen LogP contribution is 2.20. The van der Waals surface area contributed by atoms with E-state index in [0.29, 0.717) is 12.2 Å². The van der Waals surface area contributed by atoms with E-state index >= 15 is 0 Å². The highest BCUT2D eigenvalue weighted by molar-refractivity contribution is 9.10. The van der Waals surface area contributed by atoms with Crippen LogP contribution in [0.25, 0.3) is 0 Å². The van der Waals surface area contributed by atoms with Gasteiger partial charge < -0.3 is 15.6 Å². The number of nitrogen functional groups attached to an aromatic ring is 1. The number of carboxylic acids is 1. The second-order valence-electron chi connectivity index (χ2n) is 4.27. The highest BCUT2D eigenvalue weighted by Gasteiger charge is 2.13. The average Bonchev–Trinajstić information content (AvgIpc) is 2.40. The Morgan fingerprint density at radius 1 is 1.10 bits per heavy atom. The van der Waals surface area contributed by atoms with Gasteiger partial charge in [-0.25, -0.2) is 4.79 Å². The molecule has 3 N–H and O–H groups in total. The van der Waals surface area contributed by atoms with E-state index in [1.165, 1.54) is 0 Å². The van der Waals surface area contributed by atoms with Crippen molar-refractivity contribution in [3.8, 4) is 0 Å². The second-order valence-corrected chi connectivity index (χ2v) is 5.13. The van der Waals surface area contributed by atoms with E-state index in [4.69, 9.17) is 15.6 Å². The van der Waals surface area contributed by atoms with Crippen molar-refractivity contribution in [2.24, 2.45) is 0 Å². The standard InChI is InChI=1S/C15H14BrNO3/c16-12-6-2-1-4-10(12)8-20-9-11-5-3-7-13(17)14(11)15(18)19/h1-7H,8-9,17H2,(H,18,19). The number of nitrogens with two attached hydrogens (primary N) is 1. The summed E-state index contributed by atoms with van der Waals surface area (Å²) >= 11 is 3.44. The van der Waals surface area contributed by atoms with Crippen molar-refractivity contribution in [3.05, 3.63) is 63.6 Å². The number of aromatic carboxylic acids is 1. The third-order valence-corrected chi connectivity index (χ3v) is 3.64. The number of rotatable bonds is 5. The van der Waals surface area contributed by atoms with Gasteiger partial charge in [0.05, 0.1) is 18.8 Å². The third-order valence-electron chi connectivity index (χ3n) is 2.87. The Kier molecular flexibility index (Phi) is 4.76. The number of anilines is 1. The molecule has 0 aromatic heterocycles. The summed E-state index contributed by atoms with van der Waals surface area (Å²) in [6, 6.07) is 12.7. The van der Waals surface area contributed by atoms with Gasteiger partial charge in [-0.2, -0.15) is 0 Å². The summed E-state index contributed by atoms with van der Waals surface area (Å²) in [5.41, 5.74) is 7.63. The lowest BCUT2D eigenvalue weighted by Crippen LogP contribution is -2.08. The number of halogens is 1. The molecule has 0 saturated carbocycles. The molecule has 0 saturated heterocycles. The predicted octanol–water partition coefficient (Wildman–Crippen LogP) is 3.45. The molecule has 0 aliphatic heterocycles. The van der Waals surface area contributed by atoms with Crippen molar-refractivity contribution in [1.29, 1.82) is 0 Å². The minimum absolute atomic E-state index is 0.111. The van der Waals surface area contributed by atoms with Crippen LogP contribution in [0.2, 0.25) is 0 Å². The zero-order chi connectivity index (χ0) is 14.5. The van der Waals surface area contributed by atoms with Gasteiger partial charge in [-0.1, -0.05) is 46.3 Å². The molecular weight excluding hydrogens is 322 g/mol. The Hall–Kier alpha value is -1.85. The molecule has 2 rings (SSSR count). The fraction of sp³-hybridized carbons (Fsp3) is 0.133. The zero-order valence-electron chi connectivity index (χ0n) is 10.7. The molecule has 2 aromatic carbocycles. The van der Waals surface area contributed by atoms with Crippen LogP contribution in [0, 0.1) is 0 Å². The van der Waals surface area contributed by atoms with E-state index in [1.807, 2.05) is 24.3 Å². The molecule has 0 fully saturated rings. The van der Waals surface area contributed by atoms with Crippen molar-refractivity contribution in [2.45, 2.75) is 13.2 Å². The number of hydrogen-bond donors (Lipinski definition) is 2. The minimum atomic E-state index is -1.04. The molecule has 5 heteroatoms. The largest absolute Gasteiger partial charge is 0.478 e. The van der Waals surface area contributed by atoms with Crippen LogP contribution < -0.4 is 5.73 Å². The van der Waals surface area contributed by atoms with E-state index in [9.17, 15) is 4.79 Å². The van der Waals surface area contributed by atoms with Crippen LogP contribution >= 0.6 is 15.9 Å². The molecule has 0 atom stereocenters. The molecule has 0 heterocycles. The minimum Gasteiger partial charge on any atom is -0.478 e. The molecule has 0 radical (unpaired) electrons. The van der Waals surface area contributed by atoms with Gasteiger partial charge in [0.1, 0.15) is 0 Å². The van der Waals surface area contributed by atoms with E-state index in [2.05, 4.69) is 15.9 Å². The summed E-state index contributed by atoms with van der Waals surface area (Å²) in [4.78, 5) is 11.2. The van der Waals surface area contributed by atoms with E-state index in [0.717, 1.165) is 10.0 Å². The smallest absolute Gasteiger partial charge is 0.338 e. The molecular formula is C15H14BrNO3. The first-order valence-corrected chi connectivity index (χ1v) is 6.80. The molecule has 104 valence electrons. The lowest BCUT2D eigenvalue weighted by molar-refractivity contribution is 0.0685. The molecule has 20 heavy (non-hydrogen) atoms. The van der Waals surface area contributed by atoms with Crippen molar-refractivity contribution < 1.29 is 14.6 Å². The number of ether oxygens (including phenoxy) is 1. The van der Waals surface area contributed by atoms with E-state index in [1.54, 1.807) is 18.2 Å². The summed E-state index contributed by atoms with van der Waals surface area (Å²) in [6.07, 6.45) is 0. The monoisotopic (exact) mass is 335 g/mol. The predicted molar refractivity (Wildman–Crippen MR) is 80.4 cm³/mol. The van der Waals surface area contributed by atoms with Crippen molar-refractivity contribution in [1.82, 2.24) is 0 Å². The summed E-state index contributed by atoms with van der Waals surface area (Å²) in [6.45, 7) is 0.600. The van der Waals surface area contributed by atoms with Crippen molar-refractivity contribution in [2.75, 3.05) is 5.73 Å². The van der Waals surface area contributed by atoms with Crippen LogP contribution in [0.4, 0.5) is 5.69 Å². The number of carboxylic acid groups (broad SMARTS) is 1. The maximum Gasteiger partial charge on any atom is 0.338 e. The van der Waals surface area contributed by atoms with Crippen LogP contribution in [0.1, 0.15) is 21.5 Å². The average molecular weight is 336 g/mol. The van der Waals surface area contributed by atoms with E-state index in [-0.39, 0.29) is 17.9 Å². The van der Waals surface area contributed by atoms with Crippen LogP contribution in [0.5, 0.6) is 0 Å². The van der Waals surface area contributed by atoms with Gasteiger partial charge in [-0.15, -0.1) is 0 Å². The second kappa shape index (κ2) is 6.54. The number of hydrogen-bond acceptors (Lipinski definition) is 3. The lowest BCUT2D eigenvalue weighted by Gasteiger charge is -2.10. The quantitative estimate of drug-likeness (QED) is 0.821. The van der Waals surface area contributed by atoms with Gasteiger partial charge in [0, 0.05) is 10.2 Å². The first kappa shape index (κ1) is 14.6. The fourth-order valence-electron chi connectivity index (χ4n) is 1.89. The first-order chi connectivity index (χ1) is 9.59. The van der Waals surface area contributed by atoms with Gasteiger partial charge in [0.25, 0.3) is 0 Å². The maximum atomic E-state index is 11.2. The van der Waals surface area contributed by atoms with Gasteiger partial charge >= 0.3 is 5.97 Å². The van der Waals surface area contributed by atoms with Crippen LogP contribution in [-0.2, 0) is 18.0 Å². The summed E-state index contributed by atoms with van der Waals surface area (Å²) in [7, 11) is 0. The molecule has 0 aliphatic carbocycles. The van der Waals surface area contributed by atoms with E-state index < -0.39 is 5.97 Å². The number of benzene rings is 2. The van der Waals surface area contributed by atoms with Gasteiger partial charge in [-0.3, -0.25) is 0 Å². The topological polar surface area (TPSA) is 72.5 Å². The Bertz CT molecular complexity index is 628. The molecule has 0 amide bonds. The van der Waals surface area contributed by atoms with Crippen molar-refractivity contribution >= 4 is 27.6 Å². The molecule has 0 spiro atoms. The molecule has 2 aromatic rings. The highest BCUT2D eigenvalue weighted by atomic mass is 79.9. The molecule has 4 nitrogen and oxygen atoms in total. The SMILES string of the molecule is Nc1cccc(COCc2ccccc2Br)c1C(=O)O. The number of carbonyl (C=O) groups is 1. The lowest BCUT2D eigenvalue weighted by atomic mass is 10.1. The fourth-order valence-corrected chi connectivity index (χ4v) is 2.29. The zero-order valence-corrected chi connectivity index (χ0v) is 12.3. The summed E-state index contributed by atoms with van der Waals surface area (Å²) in [5, 5.41) is 9.16. The van der Waals surface area contributed by atoms with Crippen LogP contribution in [0.15, 0.2) is 46.9 Å². The Balaban J connectivity index is 2.07. The summed E-state index contributed by atoms with van der Waals surface area (Å²) < 4.78 is 6.55. The maximum absolute atomic E-state index is 11.2. The molecule has 0 bridgehead atoms. The van der Waals surface area contributed by atoms with Gasteiger partial charge in [0.15, 0.2) is 0 Å². The normalized spacial score (nSPS) is 10.4. The Morgan fingerprint density at radius 2 is 1.75 bits per heavy atom. The third kappa shape index (κ3) is 3.37. The van der Waals surface area contributed by atoms with Gasteiger partial charge in [-0.05, 0) is 23.3 Å². The Labute approximate surface area is 125 Å². The van der Waals surface area contributed by atoms with Gasteiger partial charge in [0.2, 0.25) is 0 Å². The molecule has 0 unspecified atom stereocenters. The van der Waals surface area contributed by atoms with Crippen molar-refractivity contribution in [3.63, 3.8) is 0 Å². The van der Waals surface area contributed by atoms with Crippen LogP contribution in [-0.4, -0.2) is 11.1 Å². The van der Waals surface area contributed by atoms with Crippen LogP contribution in [0.3, 0.4) is 0 Å². The molecule has 0 aliphatic rings. The Morgan fingerprint density at radius 3 is 2.45 bits per heavy atom. The first-order valence-electron chi connectivity index (χ1n) is 6.01. The summed E-state index contributed by atoms with van der Waals surface area (Å²) in [5.74, 6) is -1.04.